The van der Waals surface area contributed by atoms with Gasteiger partial charge in [-0.3, -0.25) is 5.01 Å². The van der Waals surface area contributed by atoms with E-state index in [0.29, 0.717) is 5.92 Å². The van der Waals surface area contributed by atoms with Gasteiger partial charge in [-0.1, -0.05) is 74.3 Å². The molecule has 4 heteroatoms. The smallest absolute Gasteiger partial charge is 0.0859 e. The highest BCUT2D eigenvalue weighted by molar-refractivity contribution is 9.10. The van der Waals surface area contributed by atoms with Crippen LogP contribution in [-0.2, 0) is 0 Å². The molecule has 1 saturated carbocycles. The summed E-state index contributed by atoms with van der Waals surface area (Å²) in [7, 11) is 0. The van der Waals surface area contributed by atoms with Gasteiger partial charge in [0, 0.05) is 14.9 Å². The summed E-state index contributed by atoms with van der Waals surface area (Å²) in [5.74, 6) is 0.404. The van der Waals surface area contributed by atoms with Crippen LogP contribution in [0.15, 0.2) is 98.5 Å². The average molecular weight is 522 g/mol. The number of hydrogen-bond donors (Lipinski definition) is 0. The first kappa shape index (κ1) is 19.8. The molecule has 2 aliphatic rings. The maximum Gasteiger partial charge on any atom is 0.0859 e. The van der Waals surface area contributed by atoms with E-state index in [1.54, 1.807) is 0 Å². The Morgan fingerprint density at radius 1 is 0.833 bits per heavy atom. The molecule has 1 aliphatic carbocycles. The maximum atomic E-state index is 5.22. The van der Waals surface area contributed by atoms with Crippen molar-refractivity contribution in [1.82, 2.24) is 0 Å². The highest BCUT2D eigenvalue weighted by atomic mass is 79.9. The molecule has 0 unspecified atom stereocenters. The molecule has 1 heterocycles. The molecule has 3 aromatic rings. The average Bonchev–Trinajstić information content (AvgIpc) is 3.17. The lowest BCUT2D eigenvalue weighted by atomic mass is 9.77. The van der Waals surface area contributed by atoms with Crippen LogP contribution in [0.2, 0.25) is 0 Å². The van der Waals surface area contributed by atoms with Crippen LogP contribution in [0.3, 0.4) is 0 Å². The van der Waals surface area contributed by atoms with Crippen LogP contribution in [0.4, 0.5) is 5.69 Å². The molecule has 0 N–H and O–H groups in total. The highest BCUT2D eigenvalue weighted by Crippen LogP contribution is 2.46. The molecule has 150 valence electrons. The van der Waals surface area contributed by atoms with E-state index in [-0.39, 0.29) is 6.04 Å². The monoisotopic (exact) mass is 520 g/mol. The largest absolute Gasteiger partial charge is 0.257 e. The van der Waals surface area contributed by atoms with Crippen molar-refractivity contribution < 1.29 is 0 Å². The summed E-state index contributed by atoms with van der Waals surface area (Å²) in [5.41, 5.74) is 6.32. The molecule has 5 rings (SSSR count). The number of hydrazone groups is 1. The van der Waals surface area contributed by atoms with Crippen molar-refractivity contribution in [3.8, 4) is 0 Å². The lowest BCUT2D eigenvalue weighted by Gasteiger charge is -2.30. The van der Waals surface area contributed by atoms with Crippen LogP contribution in [-0.4, -0.2) is 5.71 Å². The number of benzene rings is 3. The van der Waals surface area contributed by atoms with E-state index in [2.05, 4.69) is 122 Å². The Kier molecular flexibility index (Phi) is 5.62. The first-order valence-electron chi connectivity index (χ1n) is 10.3. The summed E-state index contributed by atoms with van der Waals surface area (Å²) in [6, 6.07) is 28.1. The summed E-state index contributed by atoms with van der Waals surface area (Å²) in [5, 5.41) is 7.46. The Morgan fingerprint density at radius 3 is 2.20 bits per heavy atom. The number of halogens is 2. The zero-order valence-electron chi connectivity index (χ0n) is 16.5. The molecule has 0 radical (unpaired) electrons. The molecular weight excluding hydrogens is 500 g/mol. The zero-order valence-corrected chi connectivity index (χ0v) is 19.7. The summed E-state index contributed by atoms with van der Waals surface area (Å²) in [4.78, 5) is 0. The normalized spacial score (nSPS) is 22.1. The molecular formula is C26H22Br2N2. The van der Waals surface area contributed by atoms with Gasteiger partial charge < -0.3 is 0 Å². The van der Waals surface area contributed by atoms with Gasteiger partial charge in [-0.2, -0.15) is 5.10 Å². The molecule has 2 nitrogen and oxygen atoms in total. The molecule has 0 aromatic heterocycles. The summed E-state index contributed by atoms with van der Waals surface area (Å²) in [6.45, 7) is 0. The summed E-state index contributed by atoms with van der Waals surface area (Å²) < 4.78 is 2.21. The van der Waals surface area contributed by atoms with Crippen molar-refractivity contribution in [2.75, 3.05) is 5.01 Å². The quantitative estimate of drug-likeness (QED) is 0.340. The lowest BCUT2D eigenvalue weighted by molar-refractivity contribution is 0.488. The maximum absolute atomic E-state index is 5.22. The minimum atomic E-state index is 0.226. The van der Waals surface area contributed by atoms with E-state index in [1.807, 2.05) is 0 Å². The van der Waals surface area contributed by atoms with Gasteiger partial charge in [0.25, 0.3) is 0 Å². The van der Waals surface area contributed by atoms with E-state index in [0.717, 1.165) is 21.1 Å². The third-order valence-electron chi connectivity index (χ3n) is 5.94. The number of anilines is 1. The van der Waals surface area contributed by atoms with Crippen LogP contribution in [0.25, 0.3) is 6.08 Å². The minimum absolute atomic E-state index is 0.226. The van der Waals surface area contributed by atoms with Crippen LogP contribution in [0, 0.1) is 5.92 Å². The second-order valence-electron chi connectivity index (χ2n) is 7.88. The number of nitrogens with zero attached hydrogens (tertiary/aromatic N) is 2. The van der Waals surface area contributed by atoms with Gasteiger partial charge in [0.15, 0.2) is 0 Å². The molecule has 2 atom stereocenters. The lowest BCUT2D eigenvalue weighted by Crippen LogP contribution is -2.28. The zero-order chi connectivity index (χ0) is 20.5. The molecule has 3 aromatic carbocycles. The van der Waals surface area contributed by atoms with Gasteiger partial charge >= 0.3 is 0 Å². The second kappa shape index (κ2) is 8.52. The van der Waals surface area contributed by atoms with E-state index in [1.165, 1.54) is 35.3 Å². The van der Waals surface area contributed by atoms with Gasteiger partial charge in [0.2, 0.25) is 0 Å². The second-order valence-corrected chi connectivity index (χ2v) is 9.71. The minimum Gasteiger partial charge on any atom is -0.257 e. The van der Waals surface area contributed by atoms with Gasteiger partial charge in [-0.05, 0) is 78.4 Å². The number of fused-ring (bicyclic) bond motifs is 1. The van der Waals surface area contributed by atoms with Crippen LogP contribution in [0.1, 0.15) is 36.4 Å². The fourth-order valence-corrected chi connectivity index (χ4v) is 5.08. The molecule has 1 fully saturated rings. The number of para-hydroxylation sites is 1. The molecule has 1 aliphatic heterocycles. The number of rotatable bonds is 3. The molecule has 0 spiro atoms. The molecule has 0 saturated heterocycles. The fourth-order valence-electron chi connectivity index (χ4n) is 4.55. The van der Waals surface area contributed by atoms with Gasteiger partial charge in [-0.15, -0.1) is 0 Å². The first-order chi connectivity index (χ1) is 14.7. The summed E-state index contributed by atoms with van der Waals surface area (Å²) >= 11 is 7.11. The van der Waals surface area contributed by atoms with Crippen molar-refractivity contribution in [2.45, 2.75) is 25.3 Å². The predicted octanol–water partition coefficient (Wildman–Crippen LogP) is 8.01. The van der Waals surface area contributed by atoms with E-state index < -0.39 is 0 Å². The van der Waals surface area contributed by atoms with Crippen molar-refractivity contribution in [2.24, 2.45) is 11.0 Å². The third-order valence-corrected chi connectivity index (χ3v) is 7.00. The Hall–Kier alpha value is -2.17. The molecule has 0 bridgehead atoms. The fraction of sp³-hybridized carbons (Fsp3) is 0.192. The number of hydrogen-bond acceptors (Lipinski definition) is 2. The van der Waals surface area contributed by atoms with E-state index in [9.17, 15) is 0 Å². The Labute approximate surface area is 194 Å². The van der Waals surface area contributed by atoms with Crippen molar-refractivity contribution in [3.63, 3.8) is 0 Å². The predicted molar refractivity (Wildman–Crippen MR) is 133 cm³/mol. The van der Waals surface area contributed by atoms with E-state index >= 15 is 0 Å². The third kappa shape index (κ3) is 3.91. The van der Waals surface area contributed by atoms with Crippen LogP contribution >= 0.6 is 31.9 Å². The van der Waals surface area contributed by atoms with Gasteiger partial charge in [0.1, 0.15) is 0 Å². The topological polar surface area (TPSA) is 15.6 Å². The van der Waals surface area contributed by atoms with Crippen LogP contribution in [0.5, 0.6) is 0 Å². The van der Waals surface area contributed by atoms with Crippen molar-refractivity contribution in [1.29, 1.82) is 0 Å². The number of allylic oxidation sites excluding steroid dienone is 1. The Morgan fingerprint density at radius 2 is 1.50 bits per heavy atom. The summed E-state index contributed by atoms with van der Waals surface area (Å²) in [6.07, 6.45) is 5.77. The first-order valence-corrected chi connectivity index (χ1v) is 11.9. The standard InChI is InChI=1S/C26H22Br2N2/c27-21-13-9-18(10-14-21)17-20-5-4-8-24-25(20)29-30(23-6-2-1-3-7-23)26(24)19-11-15-22(28)16-12-19/h1-3,6-7,9-17,24,26H,4-5,8H2/b20-17+/t24-,26+/m1/s1. The Balaban J connectivity index is 1.58. The van der Waals surface area contributed by atoms with E-state index in [4.69, 9.17) is 5.10 Å². The van der Waals surface area contributed by atoms with Crippen LogP contribution < -0.4 is 5.01 Å². The van der Waals surface area contributed by atoms with Gasteiger partial charge in [0.05, 0.1) is 17.4 Å². The highest BCUT2D eigenvalue weighted by Gasteiger charge is 2.41. The SMILES string of the molecule is Brc1ccc(/C=C2\CCC[C@@H]3C2=NN(c2ccccc2)[C@H]3c2ccc(Br)cc2)cc1. The molecule has 0 amide bonds. The van der Waals surface area contributed by atoms with Crippen molar-refractivity contribution >= 4 is 49.3 Å². The van der Waals surface area contributed by atoms with Gasteiger partial charge in [-0.25, -0.2) is 0 Å². The van der Waals surface area contributed by atoms with Crippen molar-refractivity contribution in [3.05, 3.63) is 105 Å². The molecule has 30 heavy (non-hydrogen) atoms. The Bertz CT molecular complexity index is 1090.